The van der Waals surface area contributed by atoms with Crippen molar-refractivity contribution < 1.29 is 13.2 Å². The maximum Gasteiger partial charge on any atom is 0.213 e. The minimum absolute atomic E-state index is 0.0283. The van der Waals surface area contributed by atoms with Crippen molar-refractivity contribution >= 4 is 21.6 Å². The summed E-state index contributed by atoms with van der Waals surface area (Å²) in [5.41, 5.74) is 0. The predicted octanol–water partition coefficient (Wildman–Crippen LogP) is 1.35. The van der Waals surface area contributed by atoms with Gasteiger partial charge >= 0.3 is 0 Å². The number of sulfonamides is 1. The zero-order valence-electron chi connectivity index (χ0n) is 9.62. The topological polar surface area (TPSA) is 55.4 Å². The van der Waals surface area contributed by atoms with Crippen molar-refractivity contribution in [1.82, 2.24) is 4.72 Å². The second-order valence-corrected chi connectivity index (χ2v) is 6.56. The Morgan fingerprint density at radius 2 is 2.19 bits per heavy atom. The molecule has 2 atom stereocenters. The molecule has 0 aromatic rings. The average molecular weight is 270 g/mol. The number of hydrogen-bond acceptors (Lipinski definition) is 3. The van der Waals surface area contributed by atoms with E-state index in [1.54, 1.807) is 0 Å². The third kappa shape index (κ3) is 4.99. The highest BCUT2D eigenvalue weighted by Crippen LogP contribution is 2.29. The van der Waals surface area contributed by atoms with Crippen LogP contribution in [0.5, 0.6) is 0 Å². The highest BCUT2D eigenvalue weighted by Gasteiger charge is 2.26. The lowest BCUT2D eigenvalue weighted by molar-refractivity contribution is 0.163. The summed E-state index contributed by atoms with van der Waals surface area (Å²) >= 11 is 6.07. The van der Waals surface area contributed by atoms with Gasteiger partial charge in [-0.3, -0.25) is 0 Å². The molecule has 6 heteroatoms. The third-order valence-electron chi connectivity index (χ3n) is 2.83. The van der Waals surface area contributed by atoms with Crippen LogP contribution in [0.3, 0.4) is 0 Å². The second-order valence-electron chi connectivity index (χ2n) is 4.07. The van der Waals surface area contributed by atoms with E-state index in [4.69, 9.17) is 16.3 Å². The molecule has 0 saturated heterocycles. The van der Waals surface area contributed by atoms with Gasteiger partial charge in [-0.2, -0.15) is 0 Å². The minimum Gasteiger partial charge on any atom is -0.381 e. The molecule has 0 aromatic carbocycles. The van der Waals surface area contributed by atoms with E-state index in [0.717, 1.165) is 19.3 Å². The van der Waals surface area contributed by atoms with Crippen LogP contribution >= 0.6 is 11.6 Å². The van der Waals surface area contributed by atoms with Crippen LogP contribution in [0, 0.1) is 5.92 Å². The Labute approximate surface area is 103 Å². The lowest BCUT2D eigenvalue weighted by atomic mass is 10.1. The fourth-order valence-corrected chi connectivity index (χ4v) is 3.16. The largest absolute Gasteiger partial charge is 0.381 e. The molecule has 0 amide bonds. The van der Waals surface area contributed by atoms with Crippen molar-refractivity contribution in [2.45, 2.75) is 31.6 Å². The summed E-state index contributed by atoms with van der Waals surface area (Å²) < 4.78 is 30.7. The number of ether oxygens (including phenoxy) is 1. The van der Waals surface area contributed by atoms with E-state index in [1.165, 1.54) is 0 Å². The fourth-order valence-electron chi connectivity index (χ4n) is 1.84. The summed E-state index contributed by atoms with van der Waals surface area (Å²) in [7, 11) is -3.20. The summed E-state index contributed by atoms with van der Waals surface area (Å²) in [5.74, 6) is 0.309. The van der Waals surface area contributed by atoms with Crippen LogP contribution in [0.1, 0.15) is 26.2 Å². The van der Waals surface area contributed by atoms with Crippen molar-refractivity contribution in [1.29, 1.82) is 0 Å². The Bertz CT molecular complexity index is 294. The first kappa shape index (κ1) is 14.2. The van der Waals surface area contributed by atoms with Crippen molar-refractivity contribution in [3.63, 3.8) is 0 Å². The van der Waals surface area contributed by atoms with Crippen molar-refractivity contribution in [2.75, 3.05) is 25.5 Å². The first-order chi connectivity index (χ1) is 7.55. The van der Waals surface area contributed by atoms with E-state index in [2.05, 4.69) is 4.72 Å². The summed E-state index contributed by atoms with van der Waals surface area (Å²) in [6, 6.07) is 0. The number of nitrogens with one attached hydrogen (secondary N) is 1. The lowest BCUT2D eigenvalue weighted by Crippen LogP contribution is -2.34. The Morgan fingerprint density at radius 3 is 2.75 bits per heavy atom. The van der Waals surface area contributed by atoms with E-state index >= 15 is 0 Å². The van der Waals surface area contributed by atoms with Gasteiger partial charge in [0, 0.05) is 18.5 Å². The Balaban J connectivity index is 2.24. The molecule has 16 heavy (non-hydrogen) atoms. The monoisotopic (exact) mass is 269 g/mol. The maximum atomic E-state index is 11.5. The van der Waals surface area contributed by atoms with Gasteiger partial charge in [-0.1, -0.05) is 6.42 Å². The standard InChI is InChI=1S/C10H20ClNO3S/c1-2-15-6-7-16(13,14)12-8-9-4-3-5-10(9)11/h9-10,12H,2-8H2,1H3. The molecule has 0 heterocycles. The Morgan fingerprint density at radius 1 is 1.44 bits per heavy atom. The van der Waals surface area contributed by atoms with Crippen molar-refractivity contribution in [3.8, 4) is 0 Å². The van der Waals surface area contributed by atoms with Crippen LogP contribution in [0.25, 0.3) is 0 Å². The zero-order chi connectivity index (χ0) is 12.0. The van der Waals surface area contributed by atoms with Crippen LogP contribution in [0.4, 0.5) is 0 Å². The van der Waals surface area contributed by atoms with E-state index in [-0.39, 0.29) is 23.7 Å². The zero-order valence-corrected chi connectivity index (χ0v) is 11.2. The smallest absolute Gasteiger partial charge is 0.213 e. The van der Waals surface area contributed by atoms with Crippen LogP contribution < -0.4 is 4.72 Å². The number of halogens is 1. The van der Waals surface area contributed by atoms with Gasteiger partial charge in [0.05, 0.1) is 12.4 Å². The molecule has 1 aliphatic carbocycles. The molecular weight excluding hydrogens is 250 g/mol. The van der Waals surface area contributed by atoms with Gasteiger partial charge in [-0.05, 0) is 25.7 Å². The van der Waals surface area contributed by atoms with Crippen molar-refractivity contribution in [3.05, 3.63) is 0 Å². The van der Waals surface area contributed by atoms with Gasteiger partial charge in [0.25, 0.3) is 0 Å². The van der Waals surface area contributed by atoms with Gasteiger partial charge in [0.1, 0.15) is 0 Å². The molecule has 1 saturated carbocycles. The van der Waals surface area contributed by atoms with Crippen molar-refractivity contribution in [2.24, 2.45) is 5.92 Å². The highest BCUT2D eigenvalue weighted by molar-refractivity contribution is 7.89. The number of rotatable bonds is 7. The van der Waals surface area contributed by atoms with Gasteiger partial charge in [0.2, 0.25) is 10.0 Å². The molecule has 4 nitrogen and oxygen atoms in total. The Hall–Kier alpha value is 0.160. The van der Waals surface area contributed by atoms with Crippen LogP contribution in [0.2, 0.25) is 0 Å². The molecule has 1 aliphatic rings. The molecule has 0 bridgehead atoms. The summed E-state index contributed by atoms with van der Waals surface area (Å²) in [4.78, 5) is 0. The molecule has 0 radical (unpaired) electrons. The van der Waals surface area contributed by atoms with Crippen LogP contribution in [-0.2, 0) is 14.8 Å². The first-order valence-electron chi connectivity index (χ1n) is 5.74. The molecule has 0 aromatic heterocycles. The van der Waals surface area contributed by atoms with Gasteiger partial charge in [0.15, 0.2) is 0 Å². The van der Waals surface area contributed by atoms with E-state index in [0.29, 0.717) is 13.2 Å². The summed E-state index contributed by atoms with van der Waals surface area (Å²) in [5, 5.41) is 0.120. The summed E-state index contributed by atoms with van der Waals surface area (Å²) in [6.45, 7) is 3.10. The molecule has 1 rings (SSSR count). The number of alkyl halides is 1. The maximum absolute atomic E-state index is 11.5. The molecule has 96 valence electrons. The van der Waals surface area contributed by atoms with Crippen LogP contribution in [-0.4, -0.2) is 39.3 Å². The van der Waals surface area contributed by atoms with Crippen LogP contribution in [0.15, 0.2) is 0 Å². The molecule has 0 spiro atoms. The van der Waals surface area contributed by atoms with Gasteiger partial charge < -0.3 is 4.74 Å². The molecule has 1 N–H and O–H groups in total. The molecule has 0 aliphatic heterocycles. The van der Waals surface area contributed by atoms with E-state index < -0.39 is 10.0 Å². The summed E-state index contributed by atoms with van der Waals surface area (Å²) in [6.07, 6.45) is 3.11. The predicted molar refractivity (Wildman–Crippen MR) is 65.3 cm³/mol. The first-order valence-corrected chi connectivity index (χ1v) is 7.83. The normalized spacial score (nSPS) is 26.1. The molecular formula is C10H20ClNO3S. The quantitative estimate of drug-likeness (QED) is 0.561. The van der Waals surface area contributed by atoms with Gasteiger partial charge in [-0.25, -0.2) is 13.1 Å². The third-order valence-corrected chi connectivity index (χ3v) is 4.72. The average Bonchev–Trinajstić information content (AvgIpc) is 2.62. The lowest BCUT2D eigenvalue weighted by Gasteiger charge is -2.14. The SMILES string of the molecule is CCOCCS(=O)(=O)NCC1CCCC1Cl. The van der Waals surface area contributed by atoms with E-state index in [9.17, 15) is 8.42 Å². The second kappa shape index (κ2) is 6.79. The van der Waals surface area contributed by atoms with E-state index in [1.807, 2.05) is 6.92 Å². The molecule has 1 fully saturated rings. The highest BCUT2D eigenvalue weighted by atomic mass is 35.5. The van der Waals surface area contributed by atoms with Gasteiger partial charge in [-0.15, -0.1) is 11.6 Å². The molecule has 2 unspecified atom stereocenters. The Kier molecular flexibility index (Phi) is 6.03. The fraction of sp³-hybridized carbons (Fsp3) is 1.00. The number of hydrogen-bond donors (Lipinski definition) is 1. The minimum atomic E-state index is -3.20.